The average molecular weight is 259 g/mol. The van der Waals surface area contributed by atoms with Crippen LogP contribution in [0.4, 0.5) is 0 Å². The van der Waals surface area contributed by atoms with Crippen LogP contribution in [0.15, 0.2) is 35.7 Å². The molecule has 3 rings (SSSR count). The van der Waals surface area contributed by atoms with Crippen LogP contribution in [0, 0.1) is 6.92 Å². The van der Waals surface area contributed by atoms with Crippen molar-refractivity contribution in [3.63, 3.8) is 0 Å². The molecule has 1 atom stereocenters. The number of nitrogens with one attached hydrogen (secondary N) is 1. The van der Waals surface area contributed by atoms with E-state index in [4.69, 9.17) is 4.74 Å². The van der Waals surface area contributed by atoms with Crippen molar-refractivity contribution in [3.8, 4) is 5.75 Å². The van der Waals surface area contributed by atoms with Crippen LogP contribution in [0.3, 0.4) is 0 Å². The number of hydrogen-bond donors (Lipinski definition) is 1. The summed E-state index contributed by atoms with van der Waals surface area (Å²) in [4.78, 5) is 1.51. The molecule has 18 heavy (non-hydrogen) atoms. The van der Waals surface area contributed by atoms with E-state index in [-0.39, 0.29) is 0 Å². The van der Waals surface area contributed by atoms with E-state index >= 15 is 0 Å². The van der Waals surface area contributed by atoms with Crippen molar-refractivity contribution in [1.82, 2.24) is 5.32 Å². The molecular formula is C15H17NOS. The Labute approximate surface area is 112 Å². The first kappa shape index (κ1) is 11.8. The number of hydrogen-bond acceptors (Lipinski definition) is 3. The first-order chi connectivity index (χ1) is 8.83. The Balaban J connectivity index is 1.68. The Morgan fingerprint density at radius 2 is 2.33 bits per heavy atom. The van der Waals surface area contributed by atoms with Gasteiger partial charge < -0.3 is 10.1 Å². The van der Waals surface area contributed by atoms with Gasteiger partial charge in [0.15, 0.2) is 0 Å². The Morgan fingerprint density at radius 1 is 1.39 bits per heavy atom. The Morgan fingerprint density at radius 3 is 3.22 bits per heavy atom. The molecule has 2 heterocycles. The lowest BCUT2D eigenvalue weighted by Crippen LogP contribution is -2.32. The van der Waals surface area contributed by atoms with Crippen LogP contribution < -0.4 is 10.1 Å². The number of benzene rings is 1. The second kappa shape index (κ2) is 5.12. The van der Waals surface area contributed by atoms with Gasteiger partial charge in [0, 0.05) is 11.4 Å². The van der Waals surface area contributed by atoms with Crippen molar-refractivity contribution in [3.05, 3.63) is 51.7 Å². The minimum absolute atomic E-state index is 0.334. The van der Waals surface area contributed by atoms with Crippen molar-refractivity contribution in [1.29, 1.82) is 0 Å². The molecule has 2 nitrogen and oxygen atoms in total. The van der Waals surface area contributed by atoms with Crippen LogP contribution in [-0.4, -0.2) is 13.2 Å². The lowest BCUT2D eigenvalue weighted by Gasteiger charge is -2.24. The Bertz CT molecular complexity index is 535. The van der Waals surface area contributed by atoms with Gasteiger partial charge in [-0.2, -0.15) is 0 Å². The van der Waals surface area contributed by atoms with Crippen LogP contribution in [0.2, 0.25) is 0 Å². The fraction of sp³-hybridized carbons (Fsp3) is 0.333. The van der Waals surface area contributed by atoms with Gasteiger partial charge in [-0.25, -0.2) is 0 Å². The number of fused-ring (bicyclic) bond motifs is 1. The van der Waals surface area contributed by atoms with Crippen molar-refractivity contribution in [2.24, 2.45) is 0 Å². The van der Waals surface area contributed by atoms with Crippen molar-refractivity contribution >= 4 is 11.3 Å². The summed E-state index contributed by atoms with van der Waals surface area (Å²) in [5.41, 5.74) is 2.65. The zero-order chi connectivity index (χ0) is 12.4. The van der Waals surface area contributed by atoms with Crippen molar-refractivity contribution < 1.29 is 4.74 Å². The zero-order valence-corrected chi connectivity index (χ0v) is 11.3. The standard InChI is InChI=1S/C15H17NOS/c1-11-3-2-4-12(9-11)17-10-14-13-6-8-18-15(13)5-7-16-14/h2-4,6,8-9,14,16H,5,7,10H2,1H3. The molecule has 1 aliphatic rings. The summed E-state index contributed by atoms with van der Waals surface area (Å²) in [5.74, 6) is 0.958. The molecule has 3 heteroatoms. The fourth-order valence-electron chi connectivity index (χ4n) is 2.37. The molecule has 1 unspecified atom stereocenters. The maximum Gasteiger partial charge on any atom is 0.119 e. The highest BCUT2D eigenvalue weighted by Crippen LogP contribution is 2.28. The number of aryl methyl sites for hydroxylation is 1. The third-order valence-electron chi connectivity index (χ3n) is 3.30. The topological polar surface area (TPSA) is 21.3 Å². The van der Waals surface area contributed by atoms with Gasteiger partial charge in [-0.05, 0) is 48.1 Å². The van der Waals surface area contributed by atoms with E-state index in [1.807, 2.05) is 23.5 Å². The molecular weight excluding hydrogens is 242 g/mol. The smallest absolute Gasteiger partial charge is 0.119 e. The van der Waals surface area contributed by atoms with E-state index in [0.29, 0.717) is 12.6 Å². The minimum Gasteiger partial charge on any atom is -0.492 e. The molecule has 1 N–H and O–H groups in total. The largest absolute Gasteiger partial charge is 0.492 e. The highest BCUT2D eigenvalue weighted by molar-refractivity contribution is 7.10. The lowest BCUT2D eigenvalue weighted by molar-refractivity contribution is 0.262. The Hall–Kier alpha value is -1.32. The van der Waals surface area contributed by atoms with Crippen LogP contribution in [0.25, 0.3) is 0 Å². The molecule has 0 amide bonds. The SMILES string of the molecule is Cc1cccc(OCC2NCCc3sccc32)c1. The van der Waals surface area contributed by atoms with Gasteiger partial charge >= 0.3 is 0 Å². The normalized spacial score (nSPS) is 18.4. The second-order valence-electron chi connectivity index (χ2n) is 4.68. The van der Waals surface area contributed by atoms with E-state index in [0.717, 1.165) is 18.7 Å². The first-order valence-corrected chi connectivity index (χ1v) is 7.20. The van der Waals surface area contributed by atoms with Crippen LogP contribution in [0.5, 0.6) is 5.75 Å². The van der Waals surface area contributed by atoms with Crippen molar-refractivity contribution in [2.75, 3.05) is 13.2 Å². The molecule has 94 valence electrons. The Kier molecular flexibility index (Phi) is 3.35. The summed E-state index contributed by atoms with van der Waals surface area (Å²) in [7, 11) is 0. The molecule has 1 aromatic heterocycles. The molecule has 0 saturated carbocycles. The third-order valence-corrected chi connectivity index (χ3v) is 4.30. The molecule has 0 bridgehead atoms. The van der Waals surface area contributed by atoms with Crippen molar-refractivity contribution in [2.45, 2.75) is 19.4 Å². The van der Waals surface area contributed by atoms with Gasteiger partial charge in [-0.15, -0.1) is 11.3 Å². The van der Waals surface area contributed by atoms with Crippen LogP contribution >= 0.6 is 11.3 Å². The fourth-order valence-corrected chi connectivity index (χ4v) is 3.31. The van der Waals surface area contributed by atoms with E-state index in [9.17, 15) is 0 Å². The highest BCUT2D eigenvalue weighted by atomic mass is 32.1. The molecule has 0 fully saturated rings. The predicted octanol–water partition coefficient (Wildman–Crippen LogP) is 3.32. The molecule has 1 aromatic carbocycles. The van der Waals surface area contributed by atoms with Gasteiger partial charge in [-0.1, -0.05) is 12.1 Å². The lowest BCUT2D eigenvalue weighted by atomic mass is 10.0. The molecule has 0 saturated heterocycles. The summed E-state index contributed by atoms with van der Waals surface area (Å²) in [6, 6.07) is 10.8. The molecule has 0 aliphatic carbocycles. The van der Waals surface area contributed by atoms with E-state index in [2.05, 4.69) is 35.8 Å². The summed E-state index contributed by atoms with van der Waals surface area (Å²) in [6.07, 6.45) is 1.15. The van der Waals surface area contributed by atoms with E-state index in [1.54, 1.807) is 0 Å². The summed E-state index contributed by atoms with van der Waals surface area (Å²) < 4.78 is 5.89. The third kappa shape index (κ3) is 2.42. The average Bonchev–Trinajstić information content (AvgIpc) is 2.85. The number of ether oxygens (including phenoxy) is 1. The summed E-state index contributed by atoms with van der Waals surface area (Å²) >= 11 is 1.86. The van der Waals surface area contributed by atoms with Gasteiger partial charge in [0.05, 0.1) is 6.04 Å². The van der Waals surface area contributed by atoms with Gasteiger partial charge in [0.1, 0.15) is 12.4 Å². The molecule has 2 aromatic rings. The maximum atomic E-state index is 5.89. The predicted molar refractivity (Wildman–Crippen MR) is 75.4 cm³/mol. The zero-order valence-electron chi connectivity index (χ0n) is 10.5. The van der Waals surface area contributed by atoms with Gasteiger partial charge in [-0.3, -0.25) is 0 Å². The maximum absolute atomic E-state index is 5.89. The van der Waals surface area contributed by atoms with Gasteiger partial charge in [0.2, 0.25) is 0 Å². The quantitative estimate of drug-likeness (QED) is 0.913. The molecule has 1 aliphatic heterocycles. The highest BCUT2D eigenvalue weighted by Gasteiger charge is 2.20. The van der Waals surface area contributed by atoms with Crippen LogP contribution in [0.1, 0.15) is 22.0 Å². The van der Waals surface area contributed by atoms with E-state index < -0.39 is 0 Å². The van der Waals surface area contributed by atoms with Crippen LogP contribution in [-0.2, 0) is 6.42 Å². The monoisotopic (exact) mass is 259 g/mol. The minimum atomic E-state index is 0.334. The number of rotatable bonds is 3. The van der Waals surface area contributed by atoms with Gasteiger partial charge in [0.25, 0.3) is 0 Å². The number of thiophene rings is 1. The van der Waals surface area contributed by atoms with E-state index in [1.165, 1.54) is 16.0 Å². The second-order valence-corrected chi connectivity index (χ2v) is 5.68. The summed E-state index contributed by atoms with van der Waals surface area (Å²) in [6.45, 7) is 3.84. The molecule has 0 spiro atoms. The first-order valence-electron chi connectivity index (χ1n) is 6.32. The summed E-state index contributed by atoms with van der Waals surface area (Å²) in [5, 5.41) is 5.71. The molecule has 0 radical (unpaired) electrons.